The van der Waals surface area contributed by atoms with E-state index in [1.165, 1.54) is 55.2 Å². The third-order valence-electron chi connectivity index (χ3n) is 7.12. The van der Waals surface area contributed by atoms with Crippen LogP contribution in [0.4, 0.5) is 0 Å². The lowest BCUT2D eigenvalue weighted by Crippen LogP contribution is -2.22. The molecule has 0 saturated carbocycles. The van der Waals surface area contributed by atoms with Gasteiger partial charge in [-0.05, 0) is 48.6 Å². The molecule has 0 bridgehead atoms. The van der Waals surface area contributed by atoms with Crippen molar-refractivity contribution in [1.29, 1.82) is 0 Å². The van der Waals surface area contributed by atoms with E-state index in [0.29, 0.717) is 11.6 Å². The topological polar surface area (TPSA) is 50.7 Å². The smallest absolute Gasteiger partial charge is 0.290 e. The predicted molar refractivity (Wildman–Crippen MR) is 150 cm³/mol. The second-order valence-corrected chi connectivity index (χ2v) is 9.85. The number of aryl methyl sites for hydroxylation is 1. The van der Waals surface area contributed by atoms with Crippen LogP contribution in [0, 0.1) is 6.92 Å². The zero-order valence-corrected chi connectivity index (χ0v) is 21.8. The van der Waals surface area contributed by atoms with Gasteiger partial charge in [0.1, 0.15) is 5.82 Å². The van der Waals surface area contributed by atoms with Crippen molar-refractivity contribution in [2.24, 2.45) is 15.6 Å². The average molecular weight is 455 g/mol. The lowest BCUT2D eigenvalue weighted by atomic mass is 9.42. The molecular weight excluding hydrogens is 413 g/mol. The van der Waals surface area contributed by atoms with Gasteiger partial charge in [-0.15, -0.1) is 0 Å². The van der Waals surface area contributed by atoms with Crippen molar-refractivity contribution in [2.45, 2.75) is 91.2 Å². The monoisotopic (exact) mass is 455 g/mol. The maximum absolute atomic E-state index is 6.51. The number of nitrogens with zero attached hydrogens (tertiary/aromatic N) is 2. The minimum absolute atomic E-state index is 0.277. The van der Waals surface area contributed by atoms with Crippen LogP contribution in [0.1, 0.15) is 88.5 Å². The molecule has 0 spiro atoms. The molecule has 0 aliphatic carbocycles. The fourth-order valence-electron chi connectivity index (χ4n) is 5.26. The van der Waals surface area contributed by atoms with E-state index >= 15 is 0 Å². The van der Waals surface area contributed by atoms with Gasteiger partial charge < -0.3 is 10.6 Å². The van der Waals surface area contributed by atoms with Gasteiger partial charge in [0.25, 0.3) is 6.85 Å². The molecule has 1 aliphatic heterocycles. The summed E-state index contributed by atoms with van der Waals surface area (Å²) in [6.45, 7) is 11.2. The van der Waals surface area contributed by atoms with Crippen LogP contribution in [0.2, 0.25) is 11.6 Å². The van der Waals surface area contributed by atoms with Crippen molar-refractivity contribution < 1.29 is 0 Å². The molecule has 2 unspecified atom stereocenters. The van der Waals surface area contributed by atoms with Crippen molar-refractivity contribution in [1.82, 2.24) is 0 Å². The van der Waals surface area contributed by atoms with Gasteiger partial charge in [-0.1, -0.05) is 113 Å². The highest BCUT2D eigenvalue weighted by Gasteiger charge is 2.40. The molecule has 4 heteroatoms. The Hall–Kier alpha value is -2.62. The molecule has 2 atom stereocenters. The molecule has 2 aromatic rings. The van der Waals surface area contributed by atoms with Crippen molar-refractivity contribution in [2.75, 3.05) is 0 Å². The summed E-state index contributed by atoms with van der Waals surface area (Å²) in [5.74, 6) is 1.49. The van der Waals surface area contributed by atoms with Crippen molar-refractivity contribution in [3.63, 3.8) is 0 Å². The zero-order valence-electron chi connectivity index (χ0n) is 21.8. The number of allylic oxidation sites excluding steroid dienone is 1. The van der Waals surface area contributed by atoms with E-state index in [2.05, 4.69) is 81.2 Å². The third-order valence-corrected chi connectivity index (χ3v) is 7.12. The first-order chi connectivity index (χ1) is 16.5. The number of rotatable bonds is 11. The first-order valence-corrected chi connectivity index (χ1v) is 13.2. The molecule has 0 aromatic heterocycles. The minimum Gasteiger partial charge on any atom is -0.383 e. The van der Waals surface area contributed by atoms with Gasteiger partial charge >= 0.3 is 0 Å². The van der Waals surface area contributed by atoms with Crippen LogP contribution in [0.3, 0.4) is 0 Å². The van der Waals surface area contributed by atoms with E-state index < -0.39 is 0 Å². The number of unbranched alkanes of at least 4 members (excludes halogenated alkanes) is 2. The Morgan fingerprint density at radius 2 is 1.65 bits per heavy atom. The second-order valence-electron chi connectivity index (χ2n) is 9.85. The lowest BCUT2D eigenvalue weighted by molar-refractivity contribution is 0.588. The Bertz CT molecular complexity index is 1000. The maximum Gasteiger partial charge on any atom is 0.290 e. The molecule has 2 N–H and O–H groups in total. The molecule has 2 aromatic carbocycles. The summed E-state index contributed by atoms with van der Waals surface area (Å²) in [5, 5.41) is 0. The summed E-state index contributed by atoms with van der Waals surface area (Å²) in [4.78, 5) is 9.83. The first-order valence-electron chi connectivity index (χ1n) is 13.2. The largest absolute Gasteiger partial charge is 0.383 e. The highest BCUT2D eigenvalue weighted by Crippen LogP contribution is 2.42. The summed E-state index contributed by atoms with van der Waals surface area (Å²) in [6.07, 6.45) is 10.2. The summed E-state index contributed by atoms with van der Waals surface area (Å²) >= 11 is 0. The average Bonchev–Trinajstić information content (AvgIpc) is 3.18. The molecule has 0 fully saturated rings. The van der Waals surface area contributed by atoms with Gasteiger partial charge in [0.05, 0.1) is 5.71 Å². The Morgan fingerprint density at radius 3 is 2.24 bits per heavy atom. The van der Waals surface area contributed by atoms with E-state index in [9.17, 15) is 0 Å². The molecular formula is C30H42BN3. The van der Waals surface area contributed by atoms with Gasteiger partial charge in [0, 0.05) is 11.8 Å². The fourth-order valence-corrected chi connectivity index (χ4v) is 5.26. The highest BCUT2D eigenvalue weighted by molar-refractivity contribution is 6.67. The quantitative estimate of drug-likeness (QED) is 0.210. The second kappa shape index (κ2) is 12.7. The van der Waals surface area contributed by atoms with Gasteiger partial charge in [0.15, 0.2) is 0 Å². The van der Waals surface area contributed by atoms with E-state index in [4.69, 9.17) is 10.6 Å². The number of hydrogen-bond acceptors (Lipinski definition) is 3. The summed E-state index contributed by atoms with van der Waals surface area (Å²) in [6, 6.07) is 17.7. The Balaban J connectivity index is 1.90. The molecule has 0 radical (unpaired) electrons. The number of benzene rings is 2. The Morgan fingerprint density at radius 1 is 1.00 bits per heavy atom. The SMILES string of the molecule is C/C=N\C(N)=C1\C(c2ccc(Cc3ccc(C)cc3)cc2)=NB(C(CCC)CCCCC)C1C. The van der Waals surface area contributed by atoms with Gasteiger partial charge in [-0.3, -0.25) is 0 Å². The van der Waals surface area contributed by atoms with Crippen molar-refractivity contribution in [3.8, 4) is 0 Å². The summed E-state index contributed by atoms with van der Waals surface area (Å²) < 4.78 is 0. The Labute approximate surface area is 207 Å². The van der Waals surface area contributed by atoms with Crippen molar-refractivity contribution in [3.05, 3.63) is 82.2 Å². The van der Waals surface area contributed by atoms with Gasteiger partial charge in [-0.2, -0.15) is 0 Å². The molecule has 0 amide bonds. The molecule has 34 heavy (non-hydrogen) atoms. The molecule has 1 heterocycles. The fraction of sp³-hybridized carbons (Fsp3) is 0.467. The standard InChI is InChI=1S/C30H42BN3/c1-6-9-10-12-27(11-7-2)31-23(5)28(30(32)33-8-3)29(34-31)26-19-17-25(18-20-26)21-24-15-13-22(4)14-16-24/h8,13-20,23,27H,6-7,9-12,21,32H2,1-5H3/b30-28+,33-8-. The van der Waals surface area contributed by atoms with Crippen LogP contribution < -0.4 is 5.73 Å². The van der Waals surface area contributed by atoms with E-state index in [1.54, 1.807) is 6.21 Å². The van der Waals surface area contributed by atoms with Crippen LogP contribution >= 0.6 is 0 Å². The van der Waals surface area contributed by atoms with Crippen LogP contribution in [0.5, 0.6) is 0 Å². The first kappa shape index (κ1) is 26.0. The lowest BCUT2D eigenvalue weighted by Gasteiger charge is -2.22. The normalized spacial score (nSPS) is 18.4. The molecule has 3 rings (SSSR count). The number of nitrogens with two attached hydrogens (primary N) is 1. The van der Waals surface area contributed by atoms with E-state index in [0.717, 1.165) is 23.3 Å². The Kier molecular flexibility index (Phi) is 9.74. The molecule has 3 nitrogen and oxygen atoms in total. The van der Waals surface area contributed by atoms with Crippen LogP contribution in [-0.4, -0.2) is 18.8 Å². The molecule has 1 aliphatic rings. The van der Waals surface area contributed by atoms with Crippen molar-refractivity contribution >= 4 is 18.8 Å². The molecule has 180 valence electrons. The van der Waals surface area contributed by atoms with Crippen LogP contribution in [0.15, 0.2) is 69.8 Å². The zero-order chi connectivity index (χ0) is 24.5. The third kappa shape index (κ3) is 6.49. The summed E-state index contributed by atoms with van der Waals surface area (Å²) in [5.41, 5.74) is 13.8. The van der Waals surface area contributed by atoms with Gasteiger partial charge in [0.2, 0.25) is 0 Å². The number of hydrogen-bond donors (Lipinski definition) is 1. The maximum atomic E-state index is 6.51. The molecule has 0 saturated heterocycles. The number of aliphatic imine (C=N–C) groups is 1. The predicted octanol–water partition coefficient (Wildman–Crippen LogP) is 7.78. The highest BCUT2D eigenvalue weighted by atomic mass is 14.9. The van der Waals surface area contributed by atoms with Crippen LogP contribution in [0.25, 0.3) is 0 Å². The van der Waals surface area contributed by atoms with Gasteiger partial charge in [-0.25, -0.2) is 4.99 Å². The van der Waals surface area contributed by atoms with E-state index in [-0.39, 0.29) is 12.7 Å². The minimum atomic E-state index is 0.277. The summed E-state index contributed by atoms with van der Waals surface area (Å²) in [7, 11) is 0. The van der Waals surface area contributed by atoms with E-state index in [1.807, 2.05) is 6.92 Å². The van der Waals surface area contributed by atoms with Crippen LogP contribution in [-0.2, 0) is 6.42 Å².